The molecule has 29 heavy (non-hydrogen) atoms. The van der Waals surface area contributed by atoms with Crippen molar-refractivity contribution in [3.63, 3.8) is 0 Å². The van der Waals surface area contributed by atoms with Crippen LogP contribution < -0.4 is 19.5 Å². The van der Waals surface area contributed by atoms with Crippen LogP contribution in [0.2, 0.25) is 0 Å². The molecule has 3 rings (SSSR count). The average molecular weight is 391 g/mol. The molecule has 0 aromatic heterocycles. The molecule has 1 amide bonds. The third kappa shape index (κ3) is 5.29. The van der Waals surface area contributed by atoms with E-state index in [0.29, 0.717) is 36.0 Å². The summed E-state index contributed by atoms with van der Waals surface area (Å²) in [5.41, 5.74) is 2.99. The van der Waals surface area contributed by atoms with Crippen molar-refractivity contribution in [3.8, 4) is 17.2 Å². The fourth-order valence-electron chi connectivity index (χ4n) is 2.92. The van der Waals surface area contributed by atoms with Gasteiger partial charge in [0, 0.05) is 11.1 Å². The van der Waals surface area contributed by atoms with E-state index in [0.717, 1.165) is 16.9 Å². The van der Waals surface area contributed by atoms with E-state index in [2.05, 4.69) is 5.32 Å². The van der Waals surface area contributed by atoms with Gasteiger partial charge in [-0.15, -0.1) is 0 Å². The minimum atomic E-state index is -0.224. The zero-order valence-electron chi connectivity index (χ0n) is 16.9. The number of amides is 1. The molecular formula is C24H25NO4. The van der Waals surface area contributed by atoms with E-state index in [-0.39, 0.29) is 5.91 Å². The number of para-hydroxylation sites is 1. The Balaban J connectivity index is 1.81. The van der Waals surface area contributed by atoms with Gasteiger partial charge in [-0.05, 0) is 61.9 Å². The van der Waals surface area contributed by atoms with Crippen LogP contribution >= 0.6 is 0 Å². The zero-order chi connectivity index (χ0) is 20.6. The molecule has 3 aromatic carbocycles. The summed E-state index contributed by atoms with van der Waals surface area (Å²) in [6.45, 7) is 4.72. The number of nitrogens with one attached hydrogen (secondary N) is 1. The minimum absolute atomic E-state index is 0.224. The van der Waals surface area contributed by atoms with Crippen molar-refractivity contribution in [3.05, 3.63) is 83.4 Å². The lowest BCUT2D eigenvalue weighted by atomic mass is 10.1. The third-order valence-electron chi connectivity index (χ3n) is 4.36. The molecule has 5 nitrogen and oxygen atoms in total. The molecule has 0 saturated carbocycles. The lowest BCUT2D eigenvalue weighted by molar-refractivity contribution is 0.102. The largest absolute Gasteiger partial charge is 0.495 e. The quantitative estimate of drug-likeness (QED) is 0.571. The molecule has 150 valence electrons. The molecule has 0 aliphatic carbocycles. The third-order valence-corrected chi connectivity index (χ3v) is 4.36. The maximum Gasteiger partial charge on any atom is 0.255 e. The Hall–Kier alpha value is -3.47. The molecule has 1 N–H and O–H groups in total. The molecule has 0 aliphatic heterocycles. The van der Waals surface area contributed by atoms with Gasteiger partial charge >= 0.3 is 0 Å². The van der Waals surface area contributed by atoms with Gasteiger partial charge in [0.2, 0.25) is 0 Å². The van der Waals surface area contributed by atoms with Crippen LogP contribution in [0.5, 0.6) is 17.2 Å². The Bertz CT molecular complexity index is 970. The van der Waals surface area contributed by atoms with Crippen LogP contribution in [0.15, 0.2) is 66.7 Å². The number of hydrogen-bond acceptors (Lipinski definition) is 4. The van der Waals surface area contributed by atoms with Crippen molar-refractivity contribution >= 4 is 11.6 Å². The number of anilines is 1. The number of benzene rings is 3. The molecule has 0 atom stereocenters. The molecule has 0 spiro atoms. The molecule has 0 bridgehead atoms. The first-order valence-corrected chi connectivity index (χ1v) is 9.50. The zero-order valence-corrected chi connectivity index (χ0v) is 16.9. The predicted octanol–water partition coefficient (Wildman–Crippen LogP) is 5.23. The summed E-state index contributed by atoms with van der Waals surface area (Å²) >= 11 is 0. The Morgan fingerprint density at radius 3 is 2.41 bits per heavy atom. The lowest BCUT2D eigenvalue weighted by Gasteiger charge is -2.14. The van der Waals surface area contributed by atoms with Crippen molar-refractivity contribution in [1.82, 2.24) is 0 Å². The van der Waals surface area contributed by atoms with Crippen LogP contribution in [-0.4, -0.2) is 19.6 Å². The smallest absolute Gasteiger partial charge is 0.255 e. The van der Waals surface area contributed by atoms with E-state index in [1.165, 1.54) is 0 Å². The molecule has 0 aliphatic rings. The highest BCUT2D eigenvalue weighted by molar-refractivity contribution is 6.05. The fourth-order valence-corrected chi connectivity index (χ4v) is 2.92. The van der Waals surface area contributed by atoms with Crippen LogP contribution in [0.1, 0.15) is 28.4 Å². The first-order valence-electron chi connectivity index (χ1n) is 9.50. The molecular weight excluding hydrogens is 366 g/mol. The molecule has 3 aromatic rings. The topological polar surface area (TPSA) is 56.8 Å². The first-order chi connectivity index (χ1) is 14.1. The van der Waals surface area contributed by atoms with Gasteiger partial charge in [-0.3, -0.25) is 4.79 Å². The maximum atomic E-state index is 12.8. The van der Waals surface area contributed by atoms with Crippen molar-refractivity contribution in [2.45, 2.75) is 20.5 Å². The molecule has 0 saturated heterocycles. The second-order valence-electron chi connectivity index (χ2n) is 6.52. The summed E-state index contributed by atoms with van der Waals surface area (Å²) in [6, 6.07) is 20.5. The van der Waals surface area contributed by atoms with Crippen LogP contribution in [0.4, 0.5) is 5.69 Å². The van der Waals surface area contributed by atoms with E-state index in [1.807, 2.05) is 62.4 Å². The van der Waals surface area contributed by atoms with Crippen molar-refractivity contribution in [2.24, 2.45) is 0 Å². The number of hydrogen-bond donors (Lipinski definition) is 1. The number of carbonyl (C=O) groups excluding carboxylic acids is 1. The molecule has 0 heterocycles. The number of aryl methyl sites for hydroxylation is 1. The Morgan fingerprint density at radius 1 is 0.931 bits per heavy atom. The second-order valence-corrected chi connectivity index (χ2v) is 6.52. The van der Waals surface area contributed by atoms with Crippen LogP contribution in [0.3, 0.4) is 0 Å². The molecule has 0 fully saturated rings. The van der Waals surface area contributed by atoms with Gasteiger partial charge in [-0.1, -0.05) is 24.3 Å². The lowest BCUT2D eigenvalue weighted by Crippen LogP contribution is -2.14. The van der Waals surface area contributed by atoms with E-state index in [1.54, 1.807) is 25.3 Å². The number of carbonyl (C=O) groups is 1. The average Bonchev–Trinajstić information content (AvgIpc) is 2.74. The number of ether oxygens (including phenoxy) is 3. The molecule has 0 radical (unpaired) electrons. The Morgan fingerprint density at radius 2 is 1.69 bits per heavy atom. The highest BCUT2D eigenvalue weighted by atomic mass is 16.5. The molecule has 0 unspecified atom stereocenters. The highest BCUT2D eigenvalue weighted by Gasteiger charge is 2.14. The maximum absolute atomic E-state index is 12.8. The first kappa shape index (κ1) is 20.3. The normalized spacial score (nSPS) is 10.3. The second kappa shape index (κ2) is 9.64. The van der Waals surface area contributed by atoms with Crippen molar-refractivity contribution < 1.29 is 19.0 Å². The van der Waals surface area contributed by atoms with Crippen molar-refractivity contribution in [2.75, 3.05) is 19.0 Å². The minimum Gasteiger partial charge on any atom is -0.495 e. The van der Waals surface area contributed by atoms with E-state index >= 15 is 0 Å². The van der Waals surface area contributed by atoms with Gasteiger partial charge < -0.3 is 19.5 Å². The van der Waals surface area contributed by atoms with Gasteiger partial charge in [-0.25, -0.2) is 0 Å². The van der Waals surface area contributed by atoms with Crippen LogP contribution in [0.25, 0.3) is 0 Å². The van der Waals surface area contributed by atoms with Crippen LogP contribution in [-0.2, 0) is 6.61 Å². The predicted molar refractivity (Wildman–Crippen MR) is 114 cm³/mol. The highest BCUT2D eigenvalue weighted by Crippen LogP contribution is 2.27. The van der Waals surface area contributed by atoms with Gasteiger partial charge in [-0.2, -0.15) is 0 Å². The standard InChI is InChI=1S/C24H25NO4/c1-4-28-22-13-11-18(15-19(22)16-29-20-8-6-5-7-9-20)24(26)25-21-14-17(2)10-12-23(21)27-3/h5-15H,4,16H2,1-3H3,(H,25,26). The summed E-state index contributed by atoms with van der Waals surface area (Å²) in [4.78, 5) is 12.8. The fraction of sp³-hybridized carbons (Fsp3) is 0.208. The Kier molecular flexibility index (Phi) is 6.74. The van der Waals surface area contributed by atoms with Gasteiger partial charge in [0.25, 0.3) is 5.91 Å². The molecule has 5 heteroatoms. The van der Waals surface area contributed by atoms with Gasteiger partial charge in [0.15, 0.2) is 0 Å². The van der Waals surface area contributed by atoms with E-state index in [9.17, 15) is 4.79 Å². The Labute approximate surface area is 171 Å². The van der Waals surface area contributed by atoms with Crippen LogP contribution in [0, 0.1) is 6.92 Å². The summed E-state index contributed by atoms with van der Waals surface area (Å²) in [5, 5.41) is 2.93. The summed E-state index contributed by atoms with van der Waals surface area (Å²) in [5.74, 6) is 1.85. The van der Waals surface area contributed by atoms with Gasteiger partial charge in [0.1, 0.15) is 23.9 Å². The number of rotatable bonds is 8. The van der Waals surface area contributed by atoms with E-state index < -0.39 is 0 Å². The van der Waals surface area contributed by atoms with E-state index in [4.69, 9.17) is 14.2 Å². The SMILES string of the molecule is CCOc1ccc(C(=O)Nc2cc(C)ccc2OC)cc1COc1ccccc1. The number of methoxy groups -OCH3 is 1. The summed E-state index contributed by atoms with van der Waals surface area (Å²) in [6.07, 6.45) is 0. The van der Waals surface area contributed by atoms with Gasteiger partial charge in [0.05, 0.1) is 19.4 Å². The van der Waals surface area contributed by atoms with Crippen molar-refractivity contribution in [1.29, 1.82) is 0 Å². The summed E-state index contributed by atoms with van der Waals surface area (Å²) < 4.78 is 16.9. The summed E-state index contributed by atoms with van der Waals surface area (Å²) in [7, 11) is 1.58. The monoisotopic (exact) mass is 391 g/mol.